The monoisotopic (exact) mass is 272 g/mol. The van der Waals surface area contributed by atoms with E-state index in [1.807, 2.05) is 0 Å². The fourth-order valence-corrected chi connectivity index (χ4v) is 1.37. The standard InChI is InChI=1S/C10H13FN4O4/c1-18-12-14(16)10(15(17)13-19-2)7-8-5-3-4-6-9(8)11/h3-6,10H,7H2,1-2H3/b14-12+,15-13+. The van der Waals surface area contributed by atoms with E-state index in [-0.39, 0.29) is 21.7 Å². The molecular weight excluding hydrogens is 259 g/mol. The van der Waals surface area contributed by atoms with Gasteiger partial charge in [0.2, 0.25) is 10.6 Å². The molecule has 0 aliphatic rings. The highest BCUT2D eigenvalue weighted by Crippen LogP contribution is 2.12. The number of hydrogen-bond donors (Lipinski definition) is 0. The van der Waals surface area contributed by atoms with Crippen molar-refractivity contribution in [2.75, 3.05) is 14.2 Å². The van der Waals surface area contributed by atoms with Crippen LogP contribution in [0.1, 0.15) is 5.56 Å². The number of halogens is 1. The average molecular weight is 272 g/mol. The fourth-order valence-electron chi connectivity index (χ4n) is 1.37. The Morgan fingerprint density at radius 3 is 2.16 bits per heavy atom. The van der Waals surface area contributed by atoms with Crippen molar-refractivity contribution in [2.24, 2.45) is 10.6 Å². The number of rotatable bonds is 6. The van der Waals surface area contributed by atoms with E-state index in [9.17, 15) is 14.8 Å². The molecule has 8 nitrogen and oxygen atoms in total. The van der Waals surface area contributed by atoms with E-state index in [1.54, 1.807) is 6.07 Å². The molecule has 0 fully saturated rings. The molecule has 0 aromatic heterocycles. The first kappa shape index (κ1) is 14.6. The third-order valence-corrected chi connectivity index (χ3v) is 2.19. The SMILES string of the molecule is CO/N=[N+](/[O-])C(Cc1ccccc1F)/[N+]([O-])=N\OC. The summed E-state index contributed by atoms with van der Waals surface area (Å²) in [6.45, 7) is 0. The van der Waals surface area contributed by atoms with Crippen LogP contribution in [-0.4, -0.2) is 30.1 Å². The Bertz CT molecular complexity index is 460. The molecular formula is C10H13FN4O4. The van der Waals surface area contributed by atoms with Crippen LogP contribution in [0.5, 0.6) is 0 Å². The van der Waals surface area contributed by atoms with E-state index >= 15 is 0 Å². The van der Waals surface area contributed by atoms with Crippen molar-refractivity contribution in [2.45, 2.75) is 12.6 Å². The second-order valence-corrected chi connectivity index (χ2v) is 3.41. The molecule has 0 heterocycles. The second-order valence-electron chi connectivity index (χ2n) is 3.41. The Labute approximate surface area is 108 Å². The quantitative estimate of drug-likeness (QED) is 0.341. The smallest absolute Gasteiger partial charge is 0.420 e. The zero-order valence-corrected chi connectivity index (χ0v) is 10.4. The van der Waals surface area contributed by atoms with Gasteiger partial charge in [-0.15, -0.1) is 0 Å². The van der Waals surface area contributed by atoms with Gasteiger partial charge in [0.15, 0.2) is 0 Å². The van der Waals surface area contributed by atoms with Gasteiger partial charge in [-0.25, -0.2) is 4.39 Å². The van der Waals surface area contributed by atoms with Crippen molar-refractivity contribution >= 4 is 0 Å². The molecule has 0 bridgehead atoms. The Balaban J connectivity index is 3.02. The van der Waals surface area contributed by atoms with Crippen LogP contribution in [0.2, 0.25) is 0 Å². The Kier molecular flexibility index (Phi) is 5.45. The lowest BCUT2D eigenvalue weighted by Gasteiger charge is -2.10. The molecule has 19 heavy (non-hydrogen) atoms. The lowest BCUT2D eigenvalue weighted by atomic mass is 10.1. The molecule has 1 aromatic carbocycles. The summed E-state index contributed by atoms with van der Waals surface area (Å²) in [6.07, 6.45) is -1.67. The highest BCUT2D eigenvalue weighted by Gasteiger charge is 2.31. The number of hydroxylamine groups is 2. The summed E-state index contributed by atoms with van der Waals surface area (Å²) < 4.78 is 13.5. The van der Waals surface area contributed by atoms with Crippen molar-refractivity contribution < 1.29 is 23.8 Å². The average Bonchev–Trinajstić information content (AvgIpc) is 2.38. The first-order valence-electron chi connectivity index (χ1n) is 5.24. The van der Waals surface area contributed by atoms with E-state index < -0.39 is 12.0 Å². The number of hydrogen-bond acceptors (Lipinski definition) is 6. The first-order valence-corrected chi connectivity index (χ1v) is 5.24. The molecule has 0 aliphatic heterocycles. The van der Waals surface area contributed by atoms with Gasteiger partial charge in [-0.2, -0.15) is 0 Å². The fraction of sp³-hybridized carbons (Fsp3) is 0.400. The third-order valence-electron chi connectivity index (χ3n) is 2.19. The van der Waals surface area contributed by atoms with E-state index in [1.165, 1.54) is 18.2 Å². The van der Waals surface area contributed by atoms with Gasteiger partial charge in [0.05, 0.1) is 0 Å². The summed E-state index contributed by atoms with van der Waals surface area (Å²) in [5, 5.41) is 29.1. The third kappa shape index (κ3) is 4.05. The summed E-state index contributed by atoms with van der Waals surface area (Å²) in [6, 6.07) is 5.75. The predicted molar refractivity (Wildman–Crippen MR) is 60.0 cm³/mol. The molecule has 0 amide bonds. The molecule has 0 spiro atoms. The van der Waals surface area contributed by atoms with Crippen molar-refractivity contribution in [3.63, 3.8) is 0 Å². The van der Waals surface area contributed by atoms with Gasteiger partial charge in [-0.05, 0) is 6.07 Å². The molecule has 0 atom stereocenters. The van der Waals surface area contributed by atoms with Gasteiger partial charge >= 0.3 is 6.17 Å². The Morgan fingerprint density at radius 1 is 1.16 bits per heavy atom. The summed E-state index contributed by atoms with van der Waals surface area (Å²) >= 11 is 0. The van der Waals surface area contributed by atoms with Crippen LogP contribution in [0.15, 0.2) is 34.8 Å². The maximum Gasteiger partial charge on any atom is 0.420 e. The van der Waals surface area contributed by atoms with Gasteiger partial charge in [-0.1, -0.05) is 18.2 Å². The summed E-state index contributed by atoms with van der Waals surface area (Å²) in [4.78, 5) is 8.53. The summed E-state index contributed by atoms with van der Waals surface area (Å²) in [7, 11) is 2.29. The number of nitrogens with zero attached hydrogens (tertiary/aromatic N) is 4. The molecule has 1 aromatic rings. The largest absolute Gasteiger partial charge is 0.592 e. The van der Waals surface area contributed by atoms with Crippen molar-refractivity contribution in [3.05, 3.63) is 46.1 Å². The van der Waals surface area contributed by atoms with Crippen LogP contribution < -0.4 is 0 Å². The maximum absolute atomic E-state index is 13.5. The van der Waals surface area contributed by atoms with Crippen LogP contribution in [0, 0.1) is 16.2 Å². The molecule has 0 unspecified atom stereocenters. The summed E-state index contributed by atoms with van der Waals surface area (Å²) in [5.41, 5.74) is 0.173. The second kappa shape index (κ2) is 7.09. The molecule has 0 N–H and O–H groups in total. The van der Waals surface area contributed by atoms with Crippen LogP contribution in [0.3, 0.4) is 0 Å². The highest BCUT2D eigenvalue weighted by molar-refractivity contribution is 5.17. The zero-order valence-electron chi connectivity index (χ0n) is 10.4. The van der Waals surface area contributed by atoms with E-state index in [0.717, 1.165) is 14.2 Å². The van der Waals surface area contributed by atoms with Crippen LogP contribution in [0.25, 0.3) is 0 Å². The topological polar surface area (TPSA) is 95.3 Å². The van der Waals surface area contributed by atoms with Crippen LogP contribution in [0.4, 0.5) is 4.39 Å². The van der Waals surface area contributed by atoms with Crippen LogP contribution in [-0.2, 0) is 16.1 Å². The van der Waals surface area contributed by atoms with Gasteiger partial charge in [-0.3, -0.25) is 0 Å². The lowest BCUT2D eigenvalue weighted by Crippen LogP contribution is -2.32. The molecule has 104 valence electrons. The molecule has 1 rings (SSSR count). The normalized spacial score (nSPS) is 14.1. The van der Waals surface area contributed by atoms with Gasteiger partial charge in [0.1, 0.15) is 26.5 Å². The Hall–Kier alpha value is -2.45. The van der Waals surface area contributed by atoms with Crippen molar-refractivity contribution in [3.8, 4) is 0 Å². The van der Waals surface area contributed by atoms with Gasteiger partial charge < -0.3 is 20.1 Å². The van der Waals surface area contributed by atoms with E-state index in [0.29, 0.717) is 0 Å². The minimum Gasteiger partial charge on any atom is -0.592 e. The maximum atomic E-state index is 13.5. The molecule has 0 saturated heterocycles. The highest BCUT2D eigenvalue weighted by atomic mass is 19.1. The molecule has 0 radical (unpaired) electrons. The number of benzene rings is 1. The van der Waals surface area contributed by atoms with Crippen molar-refractivity contribution in [1.29, 1.82) is 0 Å². The van der Waals surface area contributed by atoms with Crippen molar-refractivity contribution in [1.82, 2.24) is 0 Å². The molecule has 0 saturated carbocycles. The Morgan fingerprint density at radius 2 is 1.68 bits per heavy atom. The van der Waals surface area contributed by atoms with E-state index in [4.69, 9.17) is 0 Å². The van der Waals surface area contributed by atoms with Gasteiger partial charge in [0.25, 0.3) is 0 Å². The van der Waals surface area contributed by atoms with E-state index in [2.05, 4.69) is 20.2 Å². The van der Waals surface area contributed by atoms with Crippen LogP contribution >= 0.6 is 0 Å². The predicted octanol–water partition coefficient (Wildman–Crippen LogP) is 1.74. The summed E-state index contributed by atoms with van der Waals surface area (Å²) in [5.74, 6) is -0.538. The minimum atomic E-state index is -1.43. The molecule has 9 heteroatoms. The zero-order chi connectivity index (χ0) is 14.3. The van der Waals surface area contributed by atoms with Gasteiger partial charge in [0, 0.05) is 15.3 Å². The molecule has 0 aliphatic carbocycles. The lowest BCUT2D eigenvalue weighted by molar-refractivity contribution is -0.796. The minimum absolute atomic E-state index is 0.0119. The first-order chi connectivity index (χ1) is 9.10.